The molecular weight excluding hydrogens is 320 g/mol. The first-order valence-electron chi connectivity index (χ1n) is 6.99. The third-order valence-electron chi connectivity index (χ3n) is 3.17. The molecule has 3 heterocycles. The Labute approximate surface area is 137 Å². The maximum Gasteiger partial charge on any atom is 0.258 e. The van der Waals surface area contributed by atoms with Crippen LogP contribution in [0.1, 0.15) is 19.0 Å². The summed E-state index contributed by atoms with van der Waals surface area (Å²) in [5.74, 6) is 0.606. The van der Waals surface area contributed by atoms with Crippen LogP contribution in [-0.2, 0) is 12.3 Å². The number of fused-ring (bicyclic) bond motifs is 1. The van der Waals surface area contributed by atoms with Crippen molar-refractivity contribution < 1.29 is 0 Å². The van der Waals surface area contributed by atoms with Crippen molar-refractivity contribution in [3.05, 3.63) is 57.9 Å². The van der Waals surface area contributed by atoms with Gasteiger partial charge in [0.05, 0.1) is 10.7 Å². The highest BCUT2D eigenvalue weighted by Gasteiger charge is 2.07. The SMILES string of the molecule is CCCn1ccnc1SCc1cc(=O)n2cc(Cl)ccc2n1. The molecule has 0 saturated heterocycles. The molecule has 0 amide bonds. The van der Waals surface area contributed by atoms with Crippen LogP contribution in [0.3, 0.4) is 0 Å². The molecule has 0 unspecified atom stereocenters. The highest BCUT2D eigenvalue weighted by molar-refractivity contribution is 7.98. The molecule has 7 heteroatoms. The van der Waals surface area contributed by atoms with Gasteiger partial charge in [0.2, 0.25) is 0 Å². The maximum absolute atomic E-state index is 12.1. The molecule has 0 aliphatic carbocycles. The van der Waals surface area contributed by atoms with Gasteiger partial charge in [-0.2, -0.15) is 0 Å². The quantitative estimate of drug-likeness (QED) is 0.672. The predicted octanol–water partition coefficient (Wildman–Crippen LogP) is 3.25. The Hall–Kier alpha value is -1.79. The molecule has 0 N–H and O–H groups in total. The van der Waals surface area contributed by atoms with Crippen molar-refractivity contribution >= 4 is 29.0 Å². The van der Waals surface area contributed by atoms with E-state index in [0.717, 1.165) is 23.8 Å². The van der Waals surface area contributed by atoms with Gasteiger partial charge in [-0.3, -0.25) is 9.20 Å². The van der Waals surface area contributed by atoms with E-state index < -0.39 is 0 Å². The number of halogens is 1. The topological polar surface area (TPSA) is 52.2 Å². The lowest BCUT2D eigenvalue weighted by molar-refractivity contribution is 0.620. The first kappa shape index (κ1) is 15.1. The van der Waals surface area contributed by atoms with E-state index in [1.807, 2.05) is 6.20 Å². The minimum absolute atomic E-state index is 0.125. The van der Waals surface area contributed by atoms with Gasteiger partial charge >= 0.3 is 0 Å². The molecule has 3 rings (SSSR count). The molecule has 0 bridgehead atoms. The number of hydrogen-bond donors (Lipinski definition) is 0. The average Bonchev–Trinajstić information content (AvgIpc) is 2.94. The van der Waals surface area contributed by atoms with Crippen LogP contribution in [0.25, 0.3) is 5.65 Å². The van der Waals surface area contributed by atoms with Crippen molar-refractivity contribution in [1.82, 2.24) is 18.9 Å². The van der Waals surface area contributed by atoms with Gasteiger partial charge in [-0.05, 0) is 18.6 Å². The molecule has 0 fully saturated rings. The van der Waals surface area contributed by atoms with E-state index in [0.29, 0.717) is 16.4 Å². The minimum Gasteiger partial charge on any atom is -0.326 e. The largest absolute Gasteiger partial charge is 0.326 e. The smallest absolute Gasteiger partial charge is 0.258 e. The summed E-state index contributed by atoms with van der Waals surface area (Å²) in [4.78, 5) is 21.0. The zero-order valence-electron chi connectivity index (χ0n) is 12.1. The zero-order valence-corrected chi connectivity index (χ0v) is 13.6. The molecule has 3 aromatic rings. The van der Waals surface area contributed by atoms with Crippen LogP contribution in [0, 0.1) is 0 Å². The molecule has 0 aliphatic heterocycles. The van der Waals surface area contributed by atoms with Crippen molar-refractivity contribution in [2.75, 3.05) is 0 Å². The van der Waals surface area contributed by atoms with Crippen LogP contribution in [-0.4, -0.2) is 18.9 Å². The maximum atomic E-state index is 12.1. The van der Waals surface area contributed by atoms with E-state index in [1.54, 1.807) is 42.4 Å². The first-order chi connectivity index (χ1) is 10.7. The molecule has 0 spiro atoms. The second-order valence-corrected chi connectivity index (χ2v) is 6.23. The van der Waals surface area contributed by atoms with E-state index in [-0.39, 0.29) is 5.56 Å². The van der Waals surface area contributed by atoms with Crippen molar-refractivity contribution in [1.29, 1.82) is 0 Å². The van der Waals surface area contributed by atoms with Crippen LogP contribution in [0.4, 0.5) is 0 Å². The molecule has 0 saturated carbocycles. The summed E-state index contributed by atoms with van der Waals surface area (Å²) in [6, 6.07) is 5.02. The Morgan fingerprint density at radius 3 is 3.05 bits per heavy atom. The number of hydrogen-bond acceptors (Lipinski definition) is 4. The Bertz CT molecular complexity index is 858. The van der Waals surface area contributed by atoms with Gasteiger partial charge in [-0.15, -0.1) is 0 Å². The number of aromatic nitrogens is 4. The van der Waals surface area contributed by atoms with E-state index in [4.69, 9.17) is 11.6 Å². The van der Waals surface area contributed by atoms with E-state index in [1.165, 1.54) is 4.40 Å². The third kappa shape index (κ3) is 3.18. The Kier molecular flexibility index (Phi) is 4.49. The Balaban J connectivity index is 1.84. The van der Waals surface area contributed by atoms with Crippen molar-refractivity contribution in [2.45, 2.75) is 30.8 Å². The second kappa shape index (κ2) is 6.54. The van der Waals surface area contributed by atoms with Crippen molar-refractivity contribution in [3.8, 4) is 0 Å². The zero-order chi connectivity index (χ0) is 15.5. The molecule has 22 heavy (non-hydrogen) atoms. The van der Waals surface area contributed by atoms with Crippen LogP contribution in [0.5, 0.6) is 0 Å². The lowest BCUT2D eigenvalue weighted by Gasteiger charge is -2.06. The monoisotopic (exact) mass is 334 g/mol. The lowest BCUT2D eigenvalue weighted by Crippen LogP contribution is -2.15. The van der Waals surface area contributed by atoms with Gasteiger partial charge in [-0.1, -0.05) is 30.3 Å². The molecule has 0 radical (unpaired) electrons. The fourth-order valence-corrected chi connectivity index (χ4v) is 3.22. The summed E-state index contributed by atoms with van der Waals surface area (Å²) >= 11 is 7.49. The van der Waals surface area contributed by atoms with Crippen LogP contribution in [0.15, 0.2) is 46.7 Å². The van der Waals surface area contributed by atoms with E-state index in [9.17, 15) is 4.79 Å². The van der Waals surface area contributed by atoms with Gasteiger partial charge in [0.15, 0.2) is 5.16 Å². The highest BCUT2D eigenvalue weighted by atomic mass is 35.5. The van der Waals surface area contributed by atoms with Gasteiger partial charge in [0, 0.05) is 37.0 Å². The molecular formula is C15H15ClN4OS. The Morgan fingerprint density at radius 2 is 2.23 bits per heavy atom. The highest BCUT2D eigenvalue weighted by Crippen LogP contribution is 2.20. The lowest BCUT2D eigenvalue weighted by atomic mass is 10.4. The van der Waals surface area contributed by atoms with Crippen LogP contribution >= 0.6 is 23.4 Å². The van der Waals surface area contributed by atoms with Gasteiger partial charge in [-0.25, -0.2) is 9.97 Å². The molecule has 3 aromatic heterocycles. The Morgan fingerprint density at radius 1 is 1.36 bits per heavy atom. The summed E-state index contributed by atoms with van der Waals surface area (Å²) in [7, 11) is 0. The normalized spacial score (nSPS) is 11.2. The number of thioether (sulfide) groups is 1. The molecule has 0 aliphatic rings. The number of nitrogens with zero attached hydrogens (tertiary/aromatic N) is 4. The first-order valence-corrected chi connectivity index (χ1v) is 8.35. The summed E-state index contributed by atoms with van der Waals surface area (Å²) in [5, 5.41) is 1.46. The minimum atomic E-state index is -0.125. The average molecular weight is 335 g/mol. The molecule has 5 nitrogen and oxygen atoms in total. The number of aryl methyl sites for hydroxylation is 1. The van der Waals surface area contributed by atoms with Crippen molar-refractivity contribution in [3.63, 3.8) is 0 Å². The summed E-state index contributed by atoms with van der Waals surface area (Å²) in [5.41, 5.74) is 1.22. The van der Waals surface area contributed by atoms with Crippen LogP contribution in [0.2, 0.25) is 5.02 Å². The number of imidazole rings is 1. The van der Waals surface area contributed by atoms with Gasteiger partial charge in [0.25, 0.3) is 5.56 Å². The van der Waals surface area contributed by atoms with Gasteiger partial charge < -0.3 is 4.57 Å². The summed E-state index contributed by atoms with van der Waals surface area (Å²) in [6.07, 6.45) is 6.40. The molecule has 0 aromatic carbocycles. The fraction of sp³-hybridized carbons (Fsp3) is 0.267. The molecule has 0 atom stereocenters. The van der Waals surface area contributed by atoms with Crippen molar-refractivity contribution in [2.24, 2.45) is 0 Å². The summed E-state index contributed by atoms with van der Waals surface area (Å²) < 4.78 is 3.56. The standard InChI is InChI=1S/C15H15ClN4OS/c1-2-6-19-7-5-17-15(19)22-10-12-8-14(21)20-9-11(16)3-4-13(20)18-12/h3-5,7-9H,2,6,10H2,1H3. The number of rotatable bonds is 5. The van der Waals surface area contributed by atoms with E-state index in [2.05, 4.69) is 21.5 Å². The van der Waals surface area contributed by atoms with Gasteiger partial charge in [0.1, 0.15) is 5.65 Å². The third-order valence-corrected chi connectivity index (χ3v) is 4.43. The molecule has 114 valence electrons. The summed E-state index contributed by atoms with van der Waals surface area (Å²) in [6.45, 7) is 3.07. The second-order valence-electron chi connectivity index (χ2n) is 4.85. The predicted molar refractivity (Wildman–Crippen MR) is 88.6 cm³/mol. The fourth-order valence-electron chi connectivity index (χ4n) is 2.19. The van der Waals surface area contributed by atoms with Crippen LogP contribution < -0.4 is 5.56 Å². The van der Waals surface area contributed by atoms with E-state index >= 15 is 0 Å². The number of pyridine rings is 1.